The van der Waals surface area contributed by atoms with Gasteiger partial charge in [-0.1, -0.05) is 18.2 Å². The highest BCUT2D eigenvalue weighted by Crippen LogP contribution is 2.15. The third-order valence-electron chi connectivity index (χ3n) is 5.35. The Morgan fingerprint density at radius 3 is 2.52 bits per heavy atom. The number of nitrogens with one attached hydrogen (secondary N) is 2. The summed E-state index contributed by atoms with van der Waals surface area (Å²) in [7, 11) is -3.62. The highest BCUT2D eigenvalue weighted by molar-refractivity contribution is 7.89. The molecule has 1 amide bonds. The molecule has 0 aromatic heterocycles. The summed E-state index contributed by atoms with van der Waals surface area (Å²) in [6.45, 7) is 5.34. The summed E-state index contributed by atoms with van der Waals surface area (Å²) in [5, 5.41) is 2.90. The smallest absolute Gasteiger partial charge is 0.251 e. The Morgan fingerprint density at radius 2 is 1.87 bits per heavy atom. The van der Waals surface area contributed by atoms with Gasteiger partial charge in [0, 0.05) is 44.0 Å². The lowest BCUT2D eigenvalue weighted by molar-refractivity contribution is 0.0953. The monoisotopic (exact) mass is 445 g/mol. The first-order valence-corrected chi connectivity index (χ1v) is 12.3. The molecule has 0 radical (unpaired) electrons. The zero-order valence-corrected chi connectivity index (χ0v) is 18.7. The van der Waals surface area contributed by atoms with Crippen molar-refractivity contribution in [2.75, 3.05) is 37.7 Å². The minimum absolute atomic E-state index is 0.0645. The van der Waals surface area contributed by atoms with Crippen molar-refractivity contribution in [1.29, 1.82) is 0 Å². The van der Waals surface area contributed by atoms with E-state index in [9.17, 15) is 13.2 Å². The Hall–Kier alpha value is -2.42. The van der Waals surface area contributed by atoms with E-state index < -0.39 is 10.0 Å². The van der Waals surface area contributed by atoms with Gasteiger partial charge in [0.05, 0.1) is 11.0 Å². The van der Waals surface area contributed by atoms with Gasteiger partial charge in [0.1, 0.15) is 0 Å². The van der Waals surface area contributed by atoms with Gasteiger partial charge in [0.15, 0.2) is 0 Å². The van der Waals surface area contributed by atoms with Gasteiger partial charge < -0.3 is 15.0 Å². The molecule has 1 heterocycles. The number of rotatable bonds is 11. The van der Waals surface area contributed by atoms with Crippen LogP contribution in [-0.4, -0.2) is 53.2 Å². The molecule has 8 heteroatoms. The second-order valence-corrected chi connectivity index (χ2v) is 9.30. The summed E-state index contributed by atoms with van der Waals surface area (Å²) in [5.41, 5.74) is 1.61. The molecule has 1 fully saturated rings. The fraction of sp³-hybridized carbons (Fsp3) is 0.435. The van der Waals surface area contributed by atoms with Gasteiger partial charge >= 0.3 is 0 Å². The van der Waals surface area contributed by atoms with Crippen LogP contribution in [0, 0.1) is 0 Å². The quantitative estimate of drug-likeness (QED) is 0.520. The number of anilines is 1. The van der Waals surface area contributed by atoms with Gasteiger partial charge in [-0.3, -0.25) is 4.79 Å². The maximum absolute atomic E-state index is 12.4. The van der Waals surface area contributed by atoms with Crippen molar-refractivity contribution in [3.05, 3.63) is 60.2 Å². The minimum atomic E-state index is -3.62. The molecule has 7 nitrogen and oxygen atoms in total. The Morgan fingerprint density at radius 1 is 1.13 bits per heavy atom. The number of amides is 1. The van der Waals surface area contributed by atoms with Crippen LogP contribution in [0.3, 0.4) is 0 Å². The minimum Gasteiger partial charge on any atom is -0.377 e. The van der Waals surface area contributed by atoms with Gasteiger partial charge in [-0.2, -0.15) is 0 Å². The molecular formula is C23H31N3O4S. The fourth-order valence-corrected chi connectivity index (χ4v) is 4.63. The number of para-hydroxylation sites is 1. The van der Waals surface area contributed by atoms with Crippen molar-refractivity contribution in [3.63, 3.8) is 0 Å². The number of carbonyl (C=O) groups excluding carboxylic acids is 1. The predicted molar refractivity (Wildman–Crippen MR) is 122 cm³/mol. The van der Waals surface area contributed by atoms with Crippen LogP contribution in [0.1, 0.15) is 36.5 Å². The average molecular weight is 446 g/mol. The van der Waals surface area contributed by atoms with Crippen molar-refractivity contribution >= 4 is 21.6 Å². The first-order valence-electron chi connectivity index (χ1n) is 10.8. The molecule has 31 heavy (non-hydrogen) atoms. The Bertz CT molecular complexity index is 927. The van der Waals surface area contributed by atoms with E-state index in [1.165, 1.54) is 30.0 Å². The molecule has 0 saturated carbocycles. The Balaban J connectivity index is 1.45. The molecule has 0 aliphatic carbocycles. The van der Waals surface area contributed by atoms with Crippen molar-refractivity contribution in [2.24, 2.45) is 0 Å². The van der Waals surface area contributed by atoms with Gasteiger partial charge in [0.2, 0.25) is 10.0 Å². The molecule has 1 aliphatic heterocycles. The molecule has 0 bridgehead atoms. The summed E-state index contributed by atoms with van der Waals surface area (Å²) >= 11 is 0. The number of carbonyl (C=O) groups is 1. The lowest BCUT2D eigenvalue weighted by Crippen LogP contribution is -2.32. The molecule has 2 aromatic carbocycles. The lowest BCUT2D eigenvalue weighted by Gasteiger charge is -2.23. The fourth-order valence-electron chi connectivity index (χ4n) is 3.56. The summed E-state index contributed by atoms with van der Waals surface area (Å²) in [6, 6.07) is 16.2. The Kier molecular flexibility index (Phi) is 8.45. The molecule has 0 spiro atoms. The zero-order chi connectivity index (χ0) is 22.1. The van der Waals surface area contributed by atoms with Crippen molar-refractivity contribution in [3.8, 4) is 0 Å². The van der Waals surface area contributed by atoms with E-state index >= 15 is 0 Å². The Labute approximate surface area is 184 Å². The topological polar surface area (TPSA) is 87.7 Å². The van der Waals surface area contributed by atoms with E-state index in [0.717, 1.165) is 32.4 Å². The van der Waals surface area contributed by atoms with E-state index in [1.54, 1.807) is 0 Å². The van der Waals surface area contributed by atoms with Crippen LogP contribution in [0.5, 0.6) is 0 Å². The van der Waals surface area contributed by atoms with E-state index in [0.29, 0.717) is 18.7 Å². The summed E-state index contributed by atoms with van der Waals surface area (Å²) in [5.74, 6) is -0.209. The molecule has 1 atom stereocenters. The summed E-state index contributed by atoms with van der Waals surface area (Å²) < 4.78 is 32.9. The second-order valence-electron chi connectivity index (χ2n) is 7.54. The molecule has 2 N–H and O–H groups in total. The highest BCUT2D eigenvalue weighted by Gasteiger charge is 2.20. The summed E-state index contributed by atoms with van der Waals surface area (Å²) in [4.78, 5) is 14.8. The van der Waals surface area contributed by atoms with Crippen LogP contribution in [0.25, 0.3) is 0 Å². The van der Waals surface area contributed by atoms with Crippen LogP contribution in [0.2, 0.25) is 0 Å². The van der Waals surface area contributed by atoms with Gasteiger partial charge in [-0.25, -0.2) is 13.1 Å². The maximum Gasteiger partial charge on any atom is 0.251 e. The molecular weight excluding hydrogens is 414 g/mol. The number of hydrogen-bond acceptors (Lipinski definition) is 5. The van der Waals surface area contributed by atoms with Crippen molar-refractivity contribution in [2.45, 2.75) is 37.2 Å². The molecule has 1 unspecified atom stereocenters. The third kappa shape index (κ3) is 6.78. The van der Waals surface area contributed by atoms with Gasteiger partial charge in [-0.05, 0) is 62.6 Å². The van der Waals surface area contributed by atoms with Crippen LogP contribution in [0.15, 0.2) is 59.5 Å². The van der Waals surface area contributed by atoms with E-state index in [4.69, 9.17) is 4.74 Å². The number of sulfonamides is 1. The van der Waals surface area contributed by atoms with E-state index in [1.807, 2.05) is 18.2 Å². The normalized spacial score (nSPS) is 16.2. The van der Waals surface area contributed by atoms with Crippen LogP contribution < -0.4 is 14.9 Å². The molecule has 1 aliphatic rings. The van der Waals surface area contributed by atoms with Crippen molar-refractivity contribution < 1.29 is 17.9 Å². The molecule has 2 aromatic rings. The first kappa shape index (κ1) is 23.2. The second kappa shape index (κ2) is 11.3. The van der Waals surface area contributed by atoms with E-state index in [-0.39, 0.29) is 23.5 Å². The summed E-state index contributed by atoms with van der Waals surface area (Å²) in [6.07, 6.45) is 2.57. The number of nitrogens with zero attached hydrogens (tertiary/aromatic N) is 1. The largest absolute Gasteiger partial charge is 0.377 e. The lowest BCUT2D eigenvalue weighted by atomic mass is 10.2. The number of benzene rings is 2. The van der Waals surface area contributed by atoms with E-state index in [2.05, 4.69) is 34.0 Å². The highest BCUT2D eigenvalue weighted by atomic mass is 32.2. The maximum atomic E-state index is 12.4. The van der Waals surface area contributed by atoms with Crippen LogP contribution in [0.4, 0.5) is 5.69 Å². The standard InChI is InChI=1S/C23H31N3O4S/c1-2-26(20-8-4-3-5-9-20)16-7-15-24-23(27)19-11-13-22(14-12-19)31(28,29)25-18-21-10-6-17-30-21/h3-5,8-9,11-14,21,25H,2,6-7,10,15-18H2,1H3,(H,24,27). The molecule has 3 rings (SSSR count). The van der Waals surface area contributed by atoms with Crippen LogP contribution in [-0.2, 0) is 14.8 Å². The number of hydrogen-bond donors (Lipinski definition) is 2. The van der Waals surface area contributed by atoms with Crippen LogP contribution >= 0.6 is 0 Å². The zero-order valence-electron chi connectivity index (χ0n) is 17.9. The molecule has 1 saturated heterocycles. The SMILES string of the molecule is CCN(CCCNC(=O)c1ccc(S(=O)(=O)NCC2CCCO2)cc1)c1ccccc1. The first-order chi connectivity index (χ1) is 15.0. The molecule has 168 valence electrons. The third-order valence-corrected chi connectivity index (χ3v) is 6.78. The van der Waals surface area contributed by atoms with Gasteiger partial charge in [0.25, 0.3) is 5.91 Å². The van der Waals surface area contributed by atoms with Gasteiger partial charge in [-0.15, -0.1) is 0 Å². The van der Waals surface area contributed by atoms with Crippen molar-refractivity contribution in [1.82, 2.24) is 10.0 Å². The average Bonchev–Trinajstić information content (AvgIpc) is 3.32. The predicted octanol–water partition coefficient (Wildman–Crippen LogP) is 2.79. The number of ether oxygens (including phenoxy) is 1.